The average molecular weight is 229 g/mol. The Labute approximate surface area is 97.9 Å². The minimum Gasteiger partial charge on any atom is -0.481 e. The molecule has 16 heavy (non-hydrogen) atoms. The predicted molar refractivity (Wildman–Crippen MR) is 64.5 cm³/mol. The van der Waals surface area contributed by atoms with Crippen molar-refractivity contribution in [3.63, 3.8) is 0 Å². The highest BCUT2D eigenvalue weighted by atomic mass is 16.5. The van der Waals surface area contributed by atoms with Gasteiger partial charge in [-0.25, -0.2) is 0 Å². The molecule has 0 fully saturated rings. The molecular weight excluding hydrogens is 206 g/mol. The molecule has 1 N–H and O–H groups in total. The standard InChI is InChI=1S/C12H23NO3/c1-10(2)8-13(6-5-7-16-4)9-11(3)12(14)15/h11H,1,5-9H2,2-4H3,(H,14,15). The number of ether oxygens (including phenoxy) is 1. The van der Waals surface area contributed by atoms with Crippen molar-refractivity contribution in [2.75, 3.05) is 33.4 Å². The van der Waals surface area contributed by atoms with Crippen molar-refractivity contribution in [2.45, 2.75) is 20.3 Å². The summed E-state index contributed by atoms with van der Waals surface area (Å²) in [5.41, 5.74) is 1.05. The van der Waals surface area contributed by atoms with Gasteiger partial charge in [0.25, 0.3) is 0 Å². The Kier molecular flexibility index (Phi) is 7.85. The first-order valence-corrected chi connectivity index (χ1v) is 5.55. The smallest absolute Gasteiger partial charge is 0.307 e. The van der Waals surface area contributed by atoms with Crippen molar-refractivity contribution >= 4 is 5.97 Å². The Morgan fingerprint density at radius 2 is 2.19 bits per heavy atom. The van der Waals surface area contributed by atoms with Crippen LogP contribution in [-0.2, 0) is 9.53 Å². The second-order valence-corrected chi connectivity index (χ2v) is 4.28. The SMILES string of the molecule is C=C(C)CN(CCCOC)CC(C)C(=O)O. The fourth-order valence-corrected chi connectivity index (χ4v) is 1.51. The van der Waals surface area contributed by atoms with E-state index in [0.717, 1.165) is 25.1 Å². The lowest BCUT2D eigenvalue weighted by atomic mass is 10.1. The van der Waals surface area contributed by atoms with Crippen molar-refractivity contribution in [3.8, 4) is 0 Å². The van der Waals surface area contributed by atoms with Gasteiger partial charge in [-0.3, -0.25) is 9.69 Å². The van der Waals surface area contributed by atoms with E-state index >= 15 is 0 Å². The molecule has 0 aromatic rings. The molecule has 0 bridgehead atoms. The molecule has 0 spiro atoms. The molecule has 4 nitrogen and oxygen atoms in total. The summed E-state index contributed by atoms with van der Waals surface area (Å²) in [5.74, 6) is -1.10. The highest BCUT2D eigenvalue weighted by molar-refractivity contribution is 5.69. The largest absolute Gasteiger partial charge is 0.481 e. The van der Waals surface area contributed by atoms with Crippen molar-refractivity contribution in [1.29, 1.82) is 0 Å². The fourth-order valence-electron chi connectivity index (χ4n) is 1.51. The number of nitrogens with zero attached hydrogens (tertiary/aromatic N) is 1. The number of methoxy groups -OCH3 is 1. The van der Waals surface area contributed by atoms with E-state index in [1.54, 1.807) is 14.0 Å². The normalized spacial score (nSPS) is 12.8. The van der Waals surface area contributed by atoms with E-state index in [9.17, 15) is 4.79 Å². The third-order valence-corrected chi connectivity index (χ3v) is 2.27. The third kappa shape index (κ3) is 7.43. The number of hydrogen-bond donors (Lipinski definition) is 1. The van der Waals surface area contributed by atoms with Crippen LogP contribution in [0, 0.1) is 5.92 Å². The molecule has 0 saturated carbocycles. The minimum absolute atomic E-state index is 0.345. The zero-order valence-corrected chi connectivity index (χ0v) is 10.5. The van der Waals surface area contributed by atoms with E-state index in [1.165, 1.54) is 0 Å². The predicted octanol–water partition coefficient (Wildman–Crippen LogP) is 1.62. The highest BCUT2D eigenvalue weighted by Gasteiger charge is 2.15. The van der Waals surface area contributed by atoms with Crippen LogP contribution in [0.15, 0.2) is 12.2 Å². The summed E-state index contributed by atoms with van der Waals surface area (Å²) in [6.45, 7) is 10.4. The first-order chi connectivity index (χ1) is 7.47. The quantitative estimate of drug-likeness (QED) is 0.482. The number of rotatable bonds is 9. The van der Waals surface area contributed by atoms with Crippen LogP contribution in [0.5, 0.6) is 0 Å². The molecule has 1 atom stereocenters. The van der Waals surface area contributed by atoms with Gasteiger partial charge in [-0.05, 0) is 13.3 Å². The van der Waals surface area contributed by atoms with Crippen LogP contribution in [0.3, 0.4) is 0 Å². The second kappa shape index (κ2) is 8.30. The number of hydrogen-bond acceptors (Lipinski definition) is 3. The van der Waals surface area contributed by atoms with Gasteiger partial charge in [-0.15, -0.1) is 0 Å². The monoisotopic (exact) mass is 229 g/mol. The summed E-state index contributed by atoms with van der Waals surface area (Å²) in [5, 5.41) is 8.86. The molecule has 0 aromatic carbocycles. The molecule has 0 amide bonds. The van der Waals surface area contributed by atoms with Gasteiger partial charge >= 0.3 is 5.97 Å². The van der Waals surface area contributed by atoms with Gasteiger partial charge < -0.3 is 9.84 Å². The molecule has 0 radical (unpaired) electrons. The Balaban J connectivity index is 4.08. The zero-order valence-electron chi connectivity index (χ0n) is 10.5. The lowest BCUT2D eigenvalue weighted by molar-refractivity contribution is -0.141. The van der Waals surface area contributed by atoms with Gasteiger partial charge in [-0.1, -0.05) is 19.1 Å². The topological polar surface area (TPSA) is 49.8 Å². The summed E-state index contributed by atoms with van der Waals surface area (Å²) in [6.07, 6.45) is 0.913. The first kappa shape index (κ1) is 15.1. The molecule has 0 aliphatic rings. The Morgan fingerprint density at radius 3 is 2.62 bits per heavy atom. The van der Waals surface area contributed by atoms with Gasteiger partial charge in [0.2, 0.25) is 0 Å². The summed E-state index contributed by atoms with van der Waals surface area (Å²) >= 11 is 0. The number of carboxylic acids is 1. The van der Waals surface area contributed by atoms with Crippen LogP contribution in [0.1, 0.15) is 20.3 Å². The molecule has 1 unspecified atom stereocenters. The highest BCUT2D eigenvalue weighted by Crippen LogP contribution is 2.04. The number of aliphatic carboxylic acids is 1. The maximum Gasteiger partial charge on any atom is 0.307 e. The van der Waals surface area contributed by atoms with E-state index < -0.39 is 5.97 Å². The van der Waals surface area contributed by atoms with Gasteiger partial charge in [-0.2, -0.15) is 0 Å². The van der Waals surface area contributed by atoms with Gasteiger partial charge in [0.05, 0.1) is 5.92 Å². The third-order valence-electron chi connectivity index (χ3n) is 2.27. The fraction of sp³-hybridized carbons (Fsp3) is 0.750. The average Bonchev–Trinajstić information content (AvgIpc) is 2.16. The van der Waals surface area contributed by atoms with Crippen molar-refractivity contribution in [3.05, 3.63) is 12.2 Å². The van der Waals surface area contributed by atoms with Crippen LogP contribution in [0.25, 0.3) is 0 Å². The van der Waals surface area contributed by atoms with E-state index in [2.05, 4.69) is 11.5 Å². The van der Waals surface area contributed by atoms with Gasteiger partial charge in [0, 0.05) is 33.4 Å². The summed E-state index contributed by atoms with van der Waals surface area (Å²) in [6, 6.07) is 0. The maximum atomic E-state index is 10.8. The van der Waals surface area contributed by atoms with Crippen molar-refractivity contribution in [2.24, 2.45) is 5.92 Å². The zero-order chi connectivity index (χ0) is 12.6. The summed E-state index contributed by atoms with van der Waals surface area (Å²) in [7, 11) is 1.67. The van der Waals surface area contributed by atoms with E-state index in [1.807, 2.05) is 6.92 Å². The van der Waals surface area contributed by atoms with Crippen LogP contribution in [-0.4, -0.2) is 49.3 Å². The van der Waals surface area contributed by atoms with Crippen LogP contribution in [0.4, 0.5) is 0 Å². The Hall–Kier alpha value is -0.870. The minimum atomic E-state index is -0.751. The van der Waals surface area contributed by atoms with E-state index in [0.29, 0.717) is 13.2 Å². The van der Waals surface area contributed by atoms with E-state index in [4.69, 9.17) is 9.84 Å². The second-order valence-electron chi connectivity index (χ2n) is 4.28. The van der Waals surface area contributed by atoms with Crippen LogP contribution in [0.2, 0.25) is 0 Å². The lowest BCUT2D eigenvalue weighted by Gasteiger charge is -2.24. The Morgan fingerprint density at radius 1 is 1.56 bits per heavy atom. The lowest BCUT2D eigenvalue weighted by Crippen LogP contribution is -2.34. The molecule has 4 heteroatoms. The molecule has 0 aromatic heterocycles. The maximum absolute atomic E-state index is 10.8. The number of carboxylic acid groups (broad SMARTS) is 1. The van der Waals surface area contributed by atoms with Crippen LogP contribution >= 0.6 is 0 Å². The molecule has 0 saturated heterocycles. The molecule has 0 aliphatic carbocycles. The summed E-state index contributed by atoms with van der Waals surface area (Å²) < 4.78 is 4.98. The van der Waals surface area contributed by atoms with Crippen molar-refractivity contribution < 1.29 is 14.6 Å². The molecule has 94 valence electrons. The first-order valence-electron chi connectivity index (χ1n) is 5.55. The van der Waals surface area contributed by atoms with Crippen LogP contribution < -0.4 is 0 Å². The molecule has 0 aliphatic heterocycles. The molecule has 0 heterocycles. The van der Waals surface area contributed by atoms with E-state index in [-0.39, 0.29) is 5.92 Å². The number of carbonyl (C=O) groups is 1. The summed E-state index contributed by atoms with van der Waals surface area (Å²) in [4.78, 5) is 12.9. The Bertz CT molecular complexity index is 228. The molecule has 0 rings (SSSR count). The van der Waals surface area contributed by atoms with Crippen molar-refractivity contribution in [1.82, 2.24) is 4.90 Å². The van der Waals surface area contributed by atoms with Gasteiger partial charge in [0.1, 0.15) is 0 Å². The van der Waals surface area contributed by atoms with Gasteiger partial charge in [0.15, 0.2) is 0 Å². The molecular formula is C12H23NO3.